The van der Waals surface area contributed by atoms with Crippen LogP contribution in [0.1, 0.15) is 27.5 Å². The monoisotopic (exact) mass is 322 g/mol. The highest BCUT2D eigenvalue weighted by Crippen LogP contribution is 2.16. The number of benzene rings is 1. The highest BCUT2D eigenvalue weighted by Gasteiger charge is 2.11. The lowest BCUT2D eigenvalue weighted by atomic mass is 10.0. The Morgan fingerprint density at radius 1 is 1.25 bits per heavy atom. The summed E-state index contributed by atoms with van der Waals surface area (Å²) in [5.41, 5.74) is 8.95. The molecule has 0 radical (unpaired) electrons. The second-order valence-corrected chi connectivity index (χ2v) is 5.46. The van der Waals surface area contributed by atoms with Crippen molar-refractivity contribution in [2.45, 2.75) is 19.9 Å². The van der Waals surface area contributed by atoms with Crippen molar-refractivity contribution in [3.63, 3.8) is 0 Å². The van der Waals surface area contributed by atoms with Gasteiger partial charge in [-0.1, -0.05) is 24.3 Å². The summed E-state index contributed by atoms with van der Waals surface area (Å²) in [6.07, 6.45) is 3.33. The van der Waals surface area contributed by atoms with Gasteiger partial charge in [-0.15, -0.1) is 0 Å². The Balaban J connectivity index is 1.66. The van der Waals surface area contributed by atoms with E-state index in [2.05, 4.69) is 15.3 Å². The van der Waals surface area contributed by atoms with Gasteiger partial charge in [0.15, 0.2) is 11.7 Å². The molecule has 0 saturated carbocycles. The summed E-state index contributed by atoms with van der Waals surface area (Å²) in [5.74, 6) is 0.893. The Morgan fingerprint density at radius 2 is 2.08 bits per heavy atom. The number of rotatable bonds is 6. The summed E-state index contributed by atoms with van der Waals surface area (Å²) in [4.78, 5) is 20.3. The number of ketones is 1. The van der Waals surface area contributed by atoms with E-state index in [0.29, 0.717) is 23.9 Å². The first-order chi connectivity index (χ1) is 11.6. The minimum absolute atomic E-state index is 0.0616. The smallest absolute Gasteiger partial charge is 0.191 e. The second kappa shape index (κ2) is 6.95. The summed E-state index contributed by atoms with van der Waals surface area (Å²) < 4.78 is 5.09. The molecular weight excluding hydrogens is 304 g/mol. The van der Waals surface area contributed by atoms with Gasteiger partial charge in [0.1, 0.15) is 17.8 Å². The minimum atomic E-state index is -0.0616. The maximum Gasteiger partial charge on any atom is 0.191 e. The minimum Gasteiger partial charge on any atom is -0.449 e. The number of carbonyl (C=O) groups is 1. The molecule has 0 spiro atoms. The molecule has 6 heteroatoms. The Morgan fingerprint density at radius 3 is 2.83 bits per heavy atom. The van der Waals surface area contributed by atoms with Gasteiger partial charge in [-0.3, -0.25) is 4.79 Å². The first-order valence-electron chi connectivity index (χ1n) is 7.59. The molecule has 0 saturated heterocycles. The molecule has 0 amide bonds. The lowest BCUT2D eigenvalue weighted by molar-refractivity contribution is 0.0988. The number of nitrogen functional groups attached to an aromatic ring is 1. The van der Waals surface area contributed by atoms with E-state index in [1.54, 1.807) is 13.1 Å². The molecule has 2 aromatic heterocycles. The quantitative estimate of drug-likeness (QED) is 0.678. The van der Waals surface area contributed by atoms with Crippen LogP contribution in [0.25, 0.3) is 0 Å². The van der Waals surface area contributed by atoms with E-state index in [-0.39, 0.29) is 12.2 Å². The Labute approximate surface area is 139 Å². The van der Waals surface area contributed by atoms with Crippen LogP contribution in [0.4, 0.5) is 11.5 Å². The van der Waals surface area contributed by atoms with Crippen molar-refractivity contribution in [1.29, 1.82) is 0 Å². The zero-order valence-electron chi connectivity index (χ0n) is 13.3. The average molecular weight is 322 g/mol. The summed E-state index contributed by atoms with van der Waals surface area (Å²) in [5, 5.41) is 3.25. The molecular formula is C18H18N4O2. The van der Waals surface area contributed by atoms with E-state index in [1.165, 1.54) is 6.26 Å². The van der Waals surface area contributed by atoms with E-state index in [4.69, 9.17) is 10.2 Å². The lowest BCUT2D eigenvalue weighted by Gasteiger charge is -2.09. The molecule has 0 bridgehead atoms. The van der Waals surface area contributed by atoms with Gasteiger partial charge in [-0.25, -0.2) is 9.97 Å². The molecule has 0 atom stereocenters. The fourth-order valence-corrected chi connectivity index (χ4v) is 2.38. The van der Waals surface area contributed by atoms with Gasteiger partial charge < -0.3 is 15.5 Å². The van der Waals surface area contributed by atoms with Gasteiger partial charge in [0, 0.05) is 26.1 Å². The van der Waals surface area contributed by atoms with Crippen molar-refractivity contribution in [2.75, 3.05) is 11.1 Å². The van der Waals surface area contributed by atoms with Gasteiger partial charge in [0.05, 0.1) is 5.69 Å². The number of aryl methyl sites for hydroxylation is 1. The predicted octanol–water partition coefficient (Wildman–Crippen LogP) is 3.00. The highest BCUT2D eigenvalue weighted by atomic mass is 16.3. The van der Waals surface area contributed by atoms with Crippen molar-refractivity contribution in [2.24, 2.45) is 0 Å². The normalized spacial score (nSPS) is 10.5. The molecule has 3 aromatic rings. The molecule has 0 unspecified atom stereocenters. The van der Waals surface area contributed by atoms with Crippen LogP contribution in [-0.4, -0.2) is 15.8 Å². The topological polar surface area (TPSA) is 94.0 Å². The van der Waals surface area contributed by atoms with E-state index in [0.717, 1.165) is 16.8 Å². The zero-order valence-corrected chi connectivity index (χ0v) is 13.3. The van der Waals surface area contributed by atoms with Crippen LogP contribution >= 0.6 is 0 Å². The molecule has 0 fully saturated rings. The van der Waals surface area contributed by atoms with E-state index >= 15 is 0 Å². The number of pyridine rings is 1. The molecule has 0 aliphatic rings. The molecule has 3 N–H and O–H groups in total. The lowest BCUT2D eigenvalue weighted by Crippen LogP contribution is -2.06. The first kappa shape index (κ1) is 15.7. The third kappa shape index (κ3) is 3.78. The third-order valence-corrected chi connectivity index (χ3v) is 3.58. The maximum absolute atomic E-state index is 12.2. The van der Waals surface area contributed by atoms with Crippen molar-refractivity contribution in [3.05, 3.63) is 71.6 Å². The maximum atomic E-state index is 12.2. The number of nitrogens with two attached hydrogens (primary N) is 1. The van der Waals surface area contributed by atoms with Crippen molar-refractivity contribution in [3.8, 4) is 0 Å². The van der Waals surface area contributed by atoms with Gasteiger partial charge in [0.25, 0.3) is 0 Å². The third-order valence-electron chi connectivity index (χ3n) is 3.58. The average Bonchev–Trinajstić information content (AvgIpc) is 3.01. The number of Topliss-reactive ketones (excluding diaryl/α,β-unsaturated/α-hetero) is 1. The number of nitrogens with one attached hydrogen (secondary N) is 1. The number of anilines is 2. The standard InChI is InChI=1S/C18H18N4O2/c1-12-22-16(11-24-12)17(23)9-13-4-2-5-14(8-13)10-21-15-6-3-7-20-18(15)19/h2-8,11,21H,9-10H2,1H3,(H2,19,20). The zero-order chi connectivity index (χ0) is 16.9. The van der Waals surface area contributed by atoms with Crippen LogP contribution in [0.2, 0.25) is 0 Å². The van der Waals surface area contributed by atoms with E-state index < -0.39 is 0 Å². The van der Waals surface area contributed by atoms with Gasteiger partial charge >= 0.3 is 0 Å². The number of hydrogen-bond acceptors (Lipinski definition) is 6. The Hall–Kier alpha value is -3.15. The summed E-state index contributed by atoms with van der Waals surface area (Å²) >= 11 is 0. The first-order valence-corrected chi connectivity index (χ1v) is 7.59. The number of carbonyl (C=O) groups excluding carboxylic acids is 1. The van der Waals surface area contributed by atoms with Crippen molar-refractivity contribution >= 4 is 17.3 Å². The molecule has 122 valence electrons. The predicted molar refractivity (Wildman–Crippen MR) is 91.7 cm³/mol. The van der Waals surface area contributed by atoms with Crippen molar-refractivity contribution in [1.82, 2.24) is 9.97 Å². The summed E-state index contributed by atoms with van der Waals surface area (Å²) in [6.45, 7) is 2.31. The molecule has 24 heavy (non-hydrogen) atoms. The summed E-state index contributed by atoms with van der Waals surface area (Å²) in [6, 6.07) is 11.5. The fourth-order valence-electron chi connectivity index (χ4n) is 2.38. The molecule has 2 heterocycles. The van der Waals surface area contributed by atoms with Crippen LogP contribution in [0, 0.1) is 6.92 Å². The second-order valence-electron chi connectivity index (χ2n) is 5.46. The molecule has 3 rings (SSSR count). The molecule has 0 aliphatic carbocycles. The Bertz CT molecular complexity index is 857. The summed E-state index contributed by atoms with van der Waals surface area (Å²) in [7, 11) is 0. The van der Waals surface area contributed by atoms with E-state index in [1.807, 2.05) is 36.4 Å². The largest absolute Gasteiger partial charge is 0.449 e. The molecule has 1 aromatic carbocycles. The number of nitrogens with zero attached hydrogens (tertiary/aromatic N) is 2. The van der Waals surface area contributed by atoms with Crippen LogP contribution in [0.5, 0.6) is 0 Å². The van der Waals surface area contributed by atoms with Crippen LogP contribution in [0.15, 0.2) is 53.3 Å². The van der Waals surface area contributed by atoms with Crippen LogP contribution in [0.3, 0.4) is 0 Å². The number of aromatic nitrogens is 2. The van der Waals surface area contributed by atoms with Gasteiger partial charge in [-0.2, -0.15) is 0 Å². The van der Waals surface area contributed by atoms with Gasteiger partial charge in [-0.05, 0) is 23.3 Å². The Kier molecular flexibility index (Phi) is 4.56. The SMILES string of the molecule is Cc1nc(C(=O)Cc2cccc(CNc3cccnc3N)c2)co1. The highest BCUT2D eigenvalue weighted by molar-refractivity contribution is 5.95. The number of hydrogen-bond donors (Lipinski definition) is 2. The van der Waals surface area contributed by atoms with Crippen LogP contribution in [-0.2, 0) is 13.0 Å². The molecule has 0 aliphatic heterocycles. The van der Waals surface area contributed by atoms with Crippen LogP contribution < -0.4 is 11.1 Å². The van der Waals surface area contributed by atoms with Gasteiger partial charge in [0.2, 0.25) is 0 Å². The molecule has 6 nitrogen and oxygen atoms in total. The van der Waals surface area contributed by atoms with E-state index in [9.17, 15) is 4.79 Å². The fraction of sp³-hybridized carbons (Fsp3) is 0.167. The van der Waals surface area contributed by atoms with Crippen molar-refractivity contribution < 1.29 is 9.21 Å². The number of oxazole rings is 1.